The number of rotatable bonds is 6. The molecule has 0 atom stereocenters. The molecule has 0 bridgehead atoms. The maximum Gasteiger partial charge on any atom is 0.336 e. The van der Waals surface area contributed by atoms with Gasteiger partial charge < -0.3 is 4.42 Å². The van der Waals surface area contributed by atoms with Crippen LogP contribution in [0.25, 0.3) is 11.0 Å². The lowest BCUT2D eigenvalue weighted by Gasteiger charge is -2.21. The highest BCUT2D eigenvalue weighted by molar-refractivity contribution is 5.82. The van der Waals surface area contributed by atoms with Crippen molar-refractivity contribution < 1.29 is 4.42 Å². The molecule has 0 N–H and O–H groups in total. The highest BCUT2D eigenvalue weighted by Gasteiger charge is 2.16. The van der Waals surface area contributed by atoms with Gasteiger partial charge in [-0.3, -0.25) is 4.90 Å². The van der Waals surface area contributed by atoms with Crippen molar-refractivity contribution in [1.82, 2.24) is 4.90 Å². The molecule has 1 heterocycles. The van der Waals surface area contributed by atoms with E-state index in [-0.39, 0.29) is 5.63 Å². The Bertz CT molecular complexity index is 711. The molecule has 0 radical (unpaired) electrons. The zero-order chi connectivity index (χ0) is 15.5. The molecule has 0 aliphatic heterocycles. The van der Waals surface area contributed by atoms with Gasteiger partial charge in [0, 0.05) is 18.0 Å². The molecule has 2 aromatic rings. The number of nitrogens with zero attached hydrogens (tertiary/aromatic N) is 1. The van der Waals surface area contributed by atoms with Crippen LogP contribution >= 0.6 is 0 Å². The van der Waals surface area contributed by atoms with Crippen molar-refractivity contribution >= 4 is 11.0 Å². The Morgan fingerprint density at radius 2 is 1.73 bits per heavy atom. The first-order chi connectivity index (χ1) is 10.7. The van der Waals surface area contributed by atoms with E-state index in [1.165, 1.54) is 17.5 Å². The second-order valence-corrected chi connectivity index (χ2v) is 6.34. The lowest BCUT2D eigenvalue weighted by molar-refractivity contribution is 0.267. The van der Waals surface area contributed by atoms with Gasteiger partial charge in [0.2, 0.25) is 0 Å². The maximum atomic E-state index is 11.9. The minimum absolute atomic E-state index is 0.228. The van der Waals surface area contributed by atoms with E-state index in [1.807, 2.05) is 0 Å². The molecule has 1 aromatic heterocycles. The molecule has 0 saturated heterocycles. The fourth-order valence-corrected chi connectivity index (χ4v) is 3.57. The highest BCUT2D eigenvalue weighted by Crippen LogP contribution is 2.29. The van der Waals surface area contributed by atoms with Gasteiger partial charge in [0.15, 0.2) is 0 Å². The largest absolute Gasteiger partial charge is 0.423 e. The van der Waals surface area contributed by atoms with Gasteiger partial charge in [-0.1, -0.05) is 13.8 Å². The van der Waals surface area contributed by atoms with E-state index in [0.717, 1.165) is 61.9 Å². The van der Waals surface area contributed by atoms with Crippen molar-refractivity contribution in [2.75, 3.05) is 13.1 Å². The van der Waals surface area contributed by atoms with Crippen molar-refractivity contribution in [1.29, 1.82) is 0 Å². The van der Waals surface area contributed by atoms with Crippen molar-refractivity contribution in [3.05, 3.63) is 45.3 Å². The van der Waals surface area contributed by atoms with E-state index in [2.05, 4.69) is 30.9 Å². The Kier molecular flexibility index (Phi) is 4.63. The van der Waals surface area contributed by atoms with Crippen LogP contribution in [-0.4, -0.2) is 18.0 Å². The minimum atomic E-state index is -0.228. The van der Waals surface area contributed by atoms with Crippen molar-refractivity contribution in [3.8, 4) is 0 Å². The molecule has 3 nitrogen and oxygen atoms in total. The third-order valence-electron chi connectivity index (χ3n) is 4.52. The Morgan fingerprint density at radius 3 is 2.41 bits per heavy atom. The summed E-state index contributed by atoms with van der Waals surface area (Å²) in [5.74, 6) is 0. The summed E-state index contributed by atoms with van der Waals surface area (Å²) in [6.07, 6.45) is 5.74. The summed E-state index contributed by atoms with van der Waals surface area (Å²) >= 11 is 0. The van der Waals surface area contributed by atoms with Crippen LogP contribution in [0.15, 0.2) is 27.4 Å². The molecule has 3 rings (SSSR count). The van der Waals surface area contributed by atoms with Crippen LogP contribution in [0.3, 0.4) is 0 Å². The number of benzene rings is 1. The van der Waals surface area contributed by atoms with Crippen LogP contribution in [0.4, 0.5) is 0 Å². The van der Waals surface area contributed by atoms with Crippen LogP contribution < -0.4 is 5.63 Å². The van der Waals surface area contributed by atoms with Gasteiger partial charge in [-0.05, 0) is 74.0 Å². The van der Waals surface area contributed by atoms with Crippen LogP contribution in [0, 0.1) is 0 Å². The Morgan fingerprint density at radius 1 is 1.05 bits per heavy atom. The third kappa shape index (κ3) is 3.09. The molecule has 0 saturated carbocycles. The van der Waals surface area contributed by atoms with Crippen molar-refractivity contribution in [2.45, 2.75) is 52.5 Å². The standard InChI is InChI=1S/C19H25NO2/c1-3-8-20(9-4-2)13-16-12-19(21)22-18-11-15-7-5-6-14(15)10-17(16)18/h10-12H,3-9,13H2,1-2H3. The van der Waals surface area contributed by atoms with Gasteiger partial charge in [-0.15, -0.1) is 0 Å². The van der Waals surface area contributed by atoms with Crippen molar-refractivity contribution in [2.24, 2.45) is 0 Å². The predicted octanol–water partition coefficient (Wildman–Crippen LogP) is 3.90. The third-order valence-corrected chi connectivity index (χ3v) is 4.52. The molecular formula is C19H25NO2. The molecule has 0 unspecified atom stereocenters. The fourth-order valence-electron chi connectivity index (χ4n) is 3.57. The van der Waals surface area contributed by atoms with Gasteiger partial charge in [0.1, 0.15) is 5.58 Å². The Balaban J connectivity index is 2.02. The molecule has 118 valence electrons. The van der Waals surface area contributed by atoms with Crippen LogP contribution in [0.5, 0.6) is 0 Å². The Hall–Kier alpha value is -1.61. The Labute approximate surface area is 131 Å². The molecule has 0 amide bonds. The molecule has 0 fully saturated rings. The quantitative estimate of drug-likeness (QED) is 0.758. The molecule has 0 spiro atoms. The van der Waals surface area contributed by atoms with Crippen LogP contribution in [-0.2, 0) is 19.4 Å². The zero-order valence-corrected chi connectivity index (χ0v) is 13.7. The smallest absolute Gasteiger partial charge is 0.336 e. The summed E-state index contributed by atoms with van der Waals surface area (Å²) in [5, 5.41) is 1.12. The first-order valence-corrected chi connectivity index (χ1v) is 8.52. The average molecular weight is 299 g/mol. The zero-order valence-electron chi connectivity index (χ0n) is 13.7. The van der Waals surface area contributed by atoms with E-state index < -0.39 is 0 Å². The summed E-state index contributed by atoms with van der Waals surface area (Å²) in [6.45, 7) is 7.38. The molecule has 1 aliphatic carbocycles. The van der Waals surface area contributed by atoms with Gasteiger partial charge in [-0.25, -0.2) is 4.79 Å². The normalized spacial score (nSPS) is 14.0. The molecular weight excluding hydrogens is 274 g/mol. The highest BCUT2D eigenvalue weighted by atomic mass is 16.4. The molecule has 22 heavy (non-hydrogen) atoms. The first-order valence-electron chi connectivity index (χ1n) is 8.52. The summed E-state index contributed by atoms with van der Waals surface area (Å²) in [6, 6.07) is 6.03. The molecule has 3 heteroatoms. The van der Waals surface area contributed by atoms with E-state index in [1.54, 1.807) is 6.07 Å². The van der Waals surface area contributed by atoms with E-state index >= 15 is 0 Å². The van der Waals surface area contributed by atoms with Gasteiger partial charge >= 0.3 is 5.63 Å². The van der Waals surface area contributed by atoms with Crippen molar-refractivity contribution in [3.63, 3.8) is 0 Å². The van der Waals surface area contributed by atoms with E-state index in [4.69, 9.17) is 4.42 Å². The summed E-state index contributed by atoms with van der Waals surface area (Å²) in [7, 11) is 0. The second kappa shape index (κ2) is 6.66. The van der Waals surface area contributed by atoms with Gasteiger partial charge in [-0.2, -0.15) is 0 Å². The second-order valence-electron chi connectivity index (χ2n) is 6.34. The lowest BCUT2D eigenvalue weighted by Crippen LogP contribution is -2.25. The number of aryl methyl sites for hydroxylation is 2. The van der Waals surface area contributed by atoms with Gasteiger partial charge in [0.05, 0.1) is 0 Å². The number of hydrogen-bond acceptors (Lipinski definition) is 3. The van der Waals surface area contributed by atoms with Gasteiger partial charge in [0.25, 0.3) is 0 Å². The average Bonchev–Trinajstić information content (AvgIpc) is 2.93. The van der Waals surface area contributed by atoms with E-state index in [0.29, 0.717) is 0 Å². The monoisotopic (exact) mass is 299 g/mol. The number of fused-ring (bicyclic) bond motifs is 2. The topological polar surface area (TPSA) is 33.5 Å². The molecule has 1 aromatic carbocycles. The number of hydrogen-bond donors (Lipinski definition) is 0. The van der Waals surface area contributed by atoms with E-state index in [9.17, 15) is 4.79 Å². The van der Waals surface area contributed by atoms with Crippen LogP contribution in [0.1, 0.15) is 49.8 Å². The molecule has 1 aliphatic rings. The SMILES string of the molecule is CCCN(CCC)Cc1cc(=O)oc2cc3c(cc12)CCC3. The van der Waals surface area contributed by atoms with Crippen LogP contribution in [0.2, 0.25) is 0 Å². The minimum Gasteiger partial charge on any atom is -0.423 e. The summed E-state index contributed by atoms with van der Waals surface area (Å²) < 4.78 is 5.46. The summed E-state index contributed by atoms with van der Waals surface area (Å²) in [5.41, 5.74) is 4.43. The fraction of sp³-hybridized carbons (Fsp3) is 0.526. The first kappa shape index (κ1) is 15.3. The lowest BCUT2D eigenvalue weighted by atomic mass is 10.0. The predicted molar refractivity (Wildman–Crippen MR) is 90.4 cm³/mol. The summed E-state index contributed by atoms with van der Waals surface area (Å²) in [4.78, 5) is 14.3. The maximum absolute atomic E-state index is 11.9.